The van der Waals surface area contributed by atoms with Gasteiger partial charge in [-0.25, -0.2) is 4.79 Å². The topological polar surface area (TPSA) is 80.4 Å². The van der Waals surface area contributed by atoms with Crippen molar-refractivity contribution in [3.05, 3.63) is 65.9 Å². The number of fused-ring (bicyclic) bond motifs is 1. The normalized spacial score (nSPS) is 11.8. The van der Waals surface area contributed by atoms with E-state index in [2.05, 4.69) is 10.3 Å². The SMILES string of the molecule is COC(=O)[C@@H](Cc1c[nH]c2ccccc12)NC(=O)CCOc1ccc(C)cc1. The first kappa shape index (κ1) is 19.5. The molecule has 146 valence electrons. The van der Waals surface area contributed by atoms with Crippen LogP contribution in [0.25, 0.3) is 10.9 Å². The highest BCUT2D eigenvalue weighted by Gasteiger charge is 2.23. The van der Waals surface area contributed by atoms with Crippen LogP contribution in [0.4, 0.5) is 0 Å². The van der Waals surface area contributed by atoms with Gasteiger partial charge in [-0.05, 0) is 30.7 Å². The first-order chi connectivity index (χ1) is 13.6. The third-order valence-corrected chi connectivity index (χ3v) is 4.54. The number of aromatic amines is 1. The van der Waals surface area contributed by atoms with Gasteiger partial charge in [0.2, 0.25) is 5.91 Å². The Labute approximate surface area is 163 Å². The van der Waals surface area contributed by atoms with Crippen LogP contribution >= 0.6 is 0 Å². The van der Waals surface area contributed by atoms with Crippen molar-refractivity contribution >= 4 is 22.8 Å². The number of methoxy groups -OCH3 is 1. The number of para-hydroxylation sites is 1. The number of hydrogen-bond acceptors (Lipinski definition) is 4. The maximum Gasteiger partial charge on any atom is 0.328 e. The quantitative estimate of drug-likeness (QED) is 0.589. The van der Waals surface area contributed by atoms with Gasteiger partial charge in [0, 0.05) is 23.5 Å². The Morgan fingerprint density at radius 3 is 2.61 bits per heavy atom. The first-order valence-electron chi connectivity index (χ1n) is 9.18. The van der Waals surface area contributed by atoms with E-state index in [1.807, 2.05) is 61.7 Å². The average Bonchev–Trinajstić information content (AvgIpc) is 3.11. The van der Waals surface area contributed by atoms with E-state index in [0.717, 1.165) is 22.0 Å². The maximum absolute atomic E-state index is 12.3. The predicted molar refractivity (Wildman–Crippen MR) is 107 cm³/mol. The number of aromatic nitrogens is 1. The zero-order valence-corrected chi connectivity index (χ0v) is 16.0. The summed E-state index contributed by atoms with van der Waals surface area (Å²) >= 11 is 0. The monoisotopic (exact) mass is 380 g/mol. The van der Waals surface area contributed by atoms with E-state index >= 15 is 0 Å². The van der Waals surface area contributed by atoms with Crippen molar-refractivity contribution in [1.82, 2.24) is 10.3 Å². The minimum absolute atomic E-state index is 0.148. The fraction of sp³-hybridized carbons (Fsp3) is 0.273. The van der Waals surface area contributed by atoms with E-state index in [-0.39, 0.29) is 18.9 Å². The zero-order chi connectivity index (χ0) is 19.9. The number of nitrogens with one attached hydrogen (secondary N) is 2. The zero-order valence-electron chi connectivity index (χ0n) is 16.0. The number of H-pyrrole nitrogens is 1. The Morgan fingerprint density at radius 1 is 1.11 bits per heavy atom. The lowest BCUT2D eigenvalue weighted by atomic mass is 10.0. The number of benzene rings is 2. The van der Waals surface area contributed by atoms with Crippen molar-refractivity contribution in [2.45, 2.75) is 25.8 Å². The second-order valence-electron chi connectivity index (χ2n) is 6.62. The first-order valence-corrected chi connectivity index (χ1v) is 9.18. The molecule has 2 N–H and O–H groups in total. The Bertz CT molecular complexity index is 947. The summed E-state index contributed by atoms with van der Waals surface area (Å²) in [4.78, 5) is 27.6. The number of amides is 1. The predicted octanol–water partition coefficient (Wildman–Crippen LogP) is 3.15. The molecule has 0 unspecified atom stereocenters. The van der Waals surface area contributed by atoms with Gasteiger partial charge in [-0.15, -0.1) is 0 Å². The lowest BCUT2D eigenvalue weighted by Gasteiger charge is -2.16. The fourth-order valence-corrected chi connectivity index (χ4v) is 3.02. The van der Waals surface area contributed by atoms with Gasteiger partial charge in [-0.3, -0.25) is 4.79 Å². The van der Waals surface area contributed by atoms with Gasteiger partial charge in [0.1, 0.15) is 11.8 Å². The largest absolute Gasteiger partial charge is 0.493 e. The highest BCUT2D eigenvalue weighted by molar-refractivity contribution is 5.87. The molecule has 0 aliphatic rings. The fourth-order valence-electron chi connectivity index (χ4n) is 3.02. The number of rotatable bonds is 8. The van der Waals surface area contributed by atoms with Crippen LogP contribution in [-0.4, -0.2) is 36.6 Å². The molecule has 0 saturated carbocycles. The summed E-state index contributed by atoms with van der Waals surface area (Å²) in [6.07, 6.45) is 2.35. The van der Waals surface area contributed by atoms with Crippen molar-refractivity contribution in [2.75, 3.05) is 13.7 Å². The highest BCUT2D eigenvalue weighted by atomic mass is 16.5. The van der Waals surface area contributed by atoms with Crippen LogP contribution < -0.4 is 10.1 Å². The highest BCUT2D eigenvalue weighted by Crippen LogP contribution is 2.19. The number of ether oxygens (including phenoxy) is 2. The van der Waals surface area contributed by atoms with Crippen LogP contribution in [0.3, 0.4) is 0 Å². The standard InChI is InChI=1S/C22H24N2O4/c1-15-7-9-17(10-8-15)28-12-11-21(25)24-20(22(26)27-2)13-16-14-23-19-6-4-3-5-18(16)19/h3-10,14,20,23H,11-13H2,1-2H3,(H,24,25)/t20-/m1/s1. The number of aryl methyl sites for hydroxylation is 1. The summed E-state index contributed by atoms with van der Waals surface area (Å²) in [5, 5.41) is 3.78. The van der Waals surface area contributed by atoms with Crippen molar-refractivity contribution < 1.29 is 19.1 Å². The molecule has 0 spiro atoms. The van der Waals surface area contributed by atoms with E-state index in [0.29, 0.717) is 12.2 Å². The van der Waals surface area contributed by atoms with Crippen LogP contribution in [0.15, 0.2) is 54.7 Å². The van der Waals surface area contributed by atoms with Gasteiger partial charge in [0.25, 0.3) is 0 Å². The second kappa shape index (κ2) is 9.08. The molecule has 6 nitrogen and oxygen atoms in total. The number of carbonyl (C=O) groups is 2. The molecule has 6 heteroatoms. The van der Waals surface area contributed by atoms with Gasteiger partial charge in [0.05, 0.1) is 20.1 Å². The molecular weight excluding hydrogens is 356 g/mol. The average molecular weight is 380 g/mol. The smallest absolute Gasteiger partial charge is 0.328 e. The van der Waals surface area contributed by atoms with Crippen LogP contribution in [0.5, 0.6) is 5.75 Å². The van der Waals surface area contributed by atoms with Crippen molar-refractivity contribution in [3.8, 4) is 5.75 Å². The number of carbonyl (C=O) groups excluding carboxylic acids is 2. The molecule has 1 aromatic heterocycles. The summed E-state index contributed by atoms with van der Waals surface area (Å²) in [5.74, 6) is -0.0258. The summed E-state index contributed by atoms with van der Waals surface area (Å²) in [6, 6.07) is 14.7. The number of hydrogen-bond donors (Lipinski definition) is 2. The van der Waals surface area contributed by atoms with Crippen LogP contribution in [0.1, 0.15) is 17.5 Å². The lowest BCUT2D eigenvalue weighted by molar-refractivity contribution is -0.145. The summed E-state index contributed by atoms with van der Waals surface area (Å²) in [5.41, 5.74) is 3.07. The van der Waals surface area contributed by atoms with Crippen LogP contribution in [-0.2, 0) is 20.7 Å². The molecule has 0 bridgehead atoms. The molecule has 3 aromatic rings. The van der Waals surface area contributed by atoms with E-state index in [1.54, 1.807) is 0 Å². The molecule has 0 aliphatic heterocycles. The van der Waals surface area contributed by atoms with Gasteiger partial charge >= 0.3 is 5.97 Å². The van der Waals surface area contributed by atoms with E-state index in [4.69, 9.17) is 9.47 Å². The van der Waals surface area contributed by atoms with Gasteiger partial charge in [-0.1, -0.05) is 35.9 Å². The minimum Gasteiger partial charge on any atom is -0.493 e. The van der Waals surface area contributed by atoms with Crippen LogP contribution in [0, 0.1) is 6.92 Å². The Hall–Kier alpha value is -3.28. The van der Waals surface area contributed by atoms with Crippen molar-refractivity contribution in [1.29, 1.82) is 0 Å². The molecular formula is C22H24N2O4. The second-order valence-corrected chi connectivity index (χ2v) is 6.62. The van der Waals surface area contributed by atoms with Gasteiger partial charge in [0.15, 0.2) is 0 Å². The number of esters is 1. The third kappa shape index (κ3) is 4.91. The Kier molecular flexibility index (Phi) is 6.32. The molecule has 3 rings (SSSR count). The summed E-state index contributed by atoms with van der Waals surface area (Å²) in [6.45, 7) is 2.23. The molecule has 1 amide bonds. The van der Waals surface area contributed by atoms with Crippen LogP contribution in [0.2, 0.25) is 0 Å². The molecule has 0 fully saturated rings. The molecule has 0 saturated heterocycles. The molecule has 0 aliphatic carbocycles. The third-order valence-electron chi connectivity index (χ3n) is 4.54. The minimum atomic E-state index is -0.754. The molecule has 1 heterocycles. The van der Waals surface area contributed by atoms with Crippen molar-refractivity contribution in [2.24, 2.45) is 0 Å². The molecule has 28 heavy (non-hydrogen) atoms. The van der Waals surface area contributed by atoms with Gasteiger partial charge in [-0.2, -0.15) is 0 Å². The van der Waals surface area contributed by atoms with E-state index < -0.39 is 12.0 Å². The summed E-state index contributed by atoms with van der Waals surface area (Å²) < 4.78 is 10.4. The lowest BCUT2D eigenvalue weighted by Crippen LogP contribution is -2.43. The Morgan fingerprint density at radius 2 is 1.86 bits per heavy atom. The molecule has 2 aromatic carbocycles. The maximum atomic E-state index is 12.3. The Balaban J connectivity index is 1.58. The molecule has 0 radical (unpaired) electrons. The molecule has 1 atom stereocenters. The van der Waals surface area contributed by atoms with Gasteiger partial charge < -0.3 is 19.8 Å². The summed E-state index contributed by atoms with van der Waals surface area (Å²) in [7, 11) is 1.32. The van der Waals surface area contributed by atoms with E-state index in [1.165, 1.54) is 7.11 Å². The van der Waals surface area contributed by atoms with Crippen molar-refractivity contribution in [3.63, 3.8) is 0 Å². The van der Waals surface area contributed by atoms with E-state index in [9.17, 15) is 9.59 Å².